The number of aromatic nitrogens is 1. The third kappa shape index (κ3) is 3.14. The Morgan fingerprint density at radius 3 is 2.25 bits per heavy atom. The Bertz CT molecular complexity index is 1110. The van der Waals surface area contributed by atoms with E-state index in [1.54, 1.807) is 10.8 Å². The second-order valence-corrected chi connectivity index (χ2v) is 7.59. The van der Waals surface area contributed by atoms with Crippen LogP contribution < -0.4 is 4.72 Å². The maximum Gasteiger partial charge on any atom is 0.422 e. The number of methoxy groups -OCH3 is 1. The number of hydrogen-bond donors (Lipinski definition) is 2. The number of para-hydroxylation sites is 1. The van der Waals surface area contributed by atoms with Gasteiger partial charge in [-0.1, -0.05) is 36.4 Å². The fourth-order valence-corrected chi connectivity index (χ4v) is 4.27. The van der Waals surface area contributed by atoms with Gasteiger partial charge in [0.25, 0.3) is 5.54 Å². The molecule has 10 heteroatoms. The molecule has 2 aromatic carbocycles. The van der Waals surface area contributed by atoms with Crippen LogP contribution in [-0.2, 0) is 25.1 Å². The van der Waals surface area contributed by atoms with Crippen LogP contribution in [0.5, 0.6) is 0 Å². The van der Waals surface area contributed by atoms with Crippen LogP contribution in [0.2, 0.25) is 0 Å². The first-order valence-corrected chi connectivity index (χ1v) is 9.42. The molecule has 0 amide bonds. The van der Waals surface area contributed by atoms with Crippen LogP contribution in [0.25, 0.3) is 10.9 Å². The molecule has 6 nitrogen and oxygen atoms in total. The fraction of sp³-hybridized carbons (Fsp3) is 0.167. The number of rotatable bonds is 5. The molecule has 148 valence electrons. The Kier molecular flexibility index (Phi) is 4.94. The van der Waals surface area contributed by atoms with Crippen molar-refractivity contribution in [2.75, 3.05) is 7.11 Å². The first-order chi connectivity index (χ1) is 13.1. The molecule has 0 aliphatic carbocycles. The summed E-state index contributed by atoms with van der Waals surface area (Å²) in [7, 11) is -3.98. The highest BCUT2D eigenvalue weighted by atomic mass is 32.2. The molecule has 2 N–H and O–H groups in total. The number of carbonyl (C=O) groups is 1. The maximum atomic E-state index is 14.3. The van der Waals surface area contributed by atoms with E-state index < -0.39 is 38.2 Å². The molecule has 0 aliphatic heterocycles. The van der Waals surface area contributed by atoms with Crippen molar-refractivity contribution in [2.45, 2.75) is 16.6 Å². The lowest BCUT2D eigenvalue weighted by atomic mass is 9.90. The number of hydrogen-bond acceptors (Lipinski definition) is 4. The average Bonchev–Trinajstić information content (AvgIpc) is 3.09. The molecule has 0 saturated carbocycles. The number of aromatic amines is 1. The number of nitrogens with one attached hydrogen (secondary N) is 2. The summed E-state index contributed by atoms with van der Waals surface area (Å²) in [6, 6.07) is 12.4. The minimum atomic E-state index is -5.34. The van der Waals surface area contributed by atoms with E-state index >= 15 is 0 Å². The zero-order valence-electron chi connectivity index (χ0n) is 14.4. The van der Waals surface area contributed by atoms with Crippen LogP contribution in [0.15, 0.2) is 65.7 Å². The monoisotopic (exact) mass is 412 g/mol. The van der Waals surface area contributed by atoms with Gasteiger partial charge in [-0.05, 0) is 18.2 Å². The quantitative estimate of drug-likeness (QED) is 0.631. The second kappa shape index (κ2) is 6.95. The molecule has 0 bridgehead atoms. The molecule has 0 aliphatic rings. The fourth-order valence-electron chi connectivity index (χ4n) is 2.93. The topological polar surface area (TPSA) is 88.3 Å². The van der Waals surface area contributed by atoms with Crippen LogP contribution in [0.3, 0.4) is 0 Å². The Balaban J connectivity index is 2.30. The van der Waals surface area contributed by atoms with E-state index in [2.05, 4.69) is 9.72 Å². The van der Waals surface area contributed by atoms with E-state index in [0.717, 1.165) is 25.4 Å². The van der Waals surface area contributed by atoms with Crippen LogP contribution >= 0.6 is 0 Å². The van der Waals surface area contributed by atoms with Crippen molar-refractivity contribution in [3.05, 3.63) is 66.4 Å². The first kappa shape index (κ1) is 19.9. The number of ether oxygens (including phenoxy) is 1. The predicted molar refractivity (Wildman–Crippen MR) is 94.8 cm³/mol. The van der Waals surface area contributed by atoms with E-state index in [4.69, 9.17) is 0 Å². The molecule has 0 saturated heterocycles. The molecular weight excluding hydrogens is 397 g/mol. The lowest BCUT2D eigenvalue weighted by molar-refractivity contribution is -0.210. The molecule has 1 aromatic heterocycles. The molecule has 1 atom stereocenters. The highest BCUT2D eigenvalue weighted by Crippen LogP contribution is 2.44. The van der Waals surface area contributed by atoms with E-state index in [1.165, 1.54) is 36.4 Å². The lowest BCUT2D eigenvalue weighted by Gasteiger charge is -2.33. The average molecular weight is 412 g/mol. The SMILES string of the molecule is COC(=O)[C@@](NS(=O)(=O)c1ccccc1)(c1c[nH]c2ccccc12)C(F)(F)F. The second-order valence-electron chi connectivity index (χ2n) is 5.91. The van der Waals surface area contributed by atoms with Crippen molar-refractivity contribution in [3.8, 4) is 0 Å². The third-order valence-corrected chi connectivity index (χ3v) is 5.72. The summed E-state index contributed by atoms with van der Waals surface area (Å²) in [6.45, 7) is 0. The number of alkyl halides is 3. The number of fused-ring (bicyclic) bond motifs is 1. The zero-order valence-corrected chi connectivity index (χ0v) is 15.3. The molecule has 3 aromatic rings. The number of benzene rings is 2. The Hall–Kier alpha value is -2.85. The number of H-pyrrole nitrogens is 1. The molecule has 0 spiro atoms. The van der Waals surface area contributed by atoms with Gasteiger partial charge in [0.05, 0.1) is 12.0 Å². The van der Waals surface area contributed by atoms with Crippen molar-refractivity contribution in [3.63, 3.8) is 0 Å². The van der Waals surface area contributed by atoms with Gasteiger partial charge in [0.1, 0.15) is 0 Å². The van der Waals surface area contributed by atoms with E-state index in [0.29, 0.717) is 5.52 Å². The van der Waals surface area contributed by atoms with Gasteiger partial charge in [0.15, 0.2) is 0 Å². The summed E-state index contributed by atoms with van der Waals surface area (Å²) >= 11 is 0. The third-order valence-electron chi connectivity index (χ3n) is 4.25. The smallest absolute Gasteiger partial charge is 0.422 e. The predicted octanol–water partition coefficient (Wildman–Crippen LogP) is 3.08. The van der Waals surface area contributed by atoms with Gasteiger partial charge in [-0.2, -0.15) is 17.9 Å². The standard InChI is InChI=1S/C18H15F3N2O4S/c1-27-16(24)17(18(19,20)21,14-11-22-15-10-6-5-9-13(14)15)23-28(25,26)12-7-3-2-4-8-12/h2-11,22-23H,1H3/t17-/m0/s1. The number of halogens is 3. The summed E-state index contributed by atoms with van der Waals surface area (Å²) in [5, 5.41) is 0.0287. The molecule has 0 radical (unpaired) electrons. The summed E-state index contributed by atoms with van der Waals surface area (Å²) in [5.74, 6) is -1.80. The van der Waals surface area contributed by atoms with Gasteiger partial charge < -0.3 is 9.72 Å². The van der Waals surface area contributed by atoms with Gasteiger partial charge in [0.2, 0.25) is 10.0 Å². The van der Waals surface area contributed by atoms with Gasteiger partial charge >= 0.3 is 12.1 Å². The molecule has 1 heterocycles. The molecular formula is C18H15F3N2O4S. The van der Waals surface area contributed by atoms with Crippen LogP contribution in [0.4, 0.5) is 13.2 Å². The van der Waals surface area contributed by atoms with Crippen molar-refractivity contribution >= 4 is 26.9 Å². The Labute approximate surface area is 158 Å². The molecule has 0 unspecified atom stereocenters. The highest BCUT2D eigenvalue weighted by molar-refractivity contribution is 7.89. The van der Waals surface area contributed by atoms with E-state index in [9.17, 15) is 26.4 Å². The normalized spacial score (nSPS) is 14.6. The van der Waals surface area contributed by atoms with Crippen molar-refractivity contribution in [2.24, 2.45) is 0 Å². The van der Waals surface area contributed by atoms with Gasteiger partial charge in [0, 0.05) is 22.7 Å². The van der Waals surface area contributed by atoms with Crippen LogP contribution in [0, 0.1) is 0 Å². The number of sulfonamides is 1. The zero-order chi connectivity index (χ0) is 20.6. The van der Waals surface area contributed by atoms with Gasteiger partial charge in [-0.15, -0.1) is 0 Å². The summed E-state index contributed by atoms with van der Waals surface area (Å²) in [4.78, 5) is 14.7. The summed E-state index contributed by atoms with van der Waals surface area (Å²) < 4.78 is 74.3. The number of carbonyl (C=O) groups excluding carboxylic acids is 1. The Morgan fingerprint density at radius 2 is 1.64 bits per heavy atom. The lowest BCUT2D eigenvalue weighted by Crippen LogP contribution is -2.61. The maximum absolute atomic E-state index is 14.3. The summed E-state index contributed by atoms with van der Waals surface area (Å²) in [6.07, 6.45) is -4.39. The van der Waals surface area contributed by atoms with Crippen molar-refractivity contribution < 1.29 is 31.1 Å². The largest absolute Gasteiger partial charge is 0.467 e. The summed E-state index contributed by atoms with van der Waals surface area (Å²) in [5.41, 5.74) is -3.95. The van der Waals surface area contributed by atoms with Crippen molar-refractivity contribution in [1.29, 1.82) is 0 Å². The molecule has 0 fully saturated rings. The van der Waals surface area contributed by atoms with Crippen molar-refractivity contribution in [1.82, 2.24) is 9.71 Å². The van der Waals surface area contributed by atoms with Crippen LogP contribution in [-0.4, -0.2) is 32.7 Å². The first-order valence-electron chi connectivity index (χ1n) is 7.94. The van der Waals surface area contributed by atoms with Gasteiger partial charge in [-0.3, -0.25) is 0 Å². The highest BCUT2D eigenvalue weighted by Gasteiger charge is 2.65. The Morgan fingerprint density at radius 1 is 1.04 bits per heavy atom. The minimum absolute atomic E-state index is 0.0287. The van der Waals surface area contributed by atoms with Gasteiger partial charge in [-0.25, -0.2) is 13.2 Å². The molecule has 3 rings (SSSR count). The molecule has 28 heavy (non-hydrogen) atoms. The van der Waals surface area contributed by atoms with Crippen LogP contribution in [0.1, 0.15) is 5.56 Å². The van der Waals surface area contributed by atoms with E-state index in [-0.39, 0.29) is 5.39 Å². The van der Waals surface area contributed by atoms with E-state index in [1.807, 2.05) is 0 Å². The minimum Gasteiger partial charge on any atom is -0.467 e. The number of esters is 1.